The molecular formula is C19H26F3IN6O. The van der Waals surface area contributed by atoms with Gasteiger partial charge >= 0.3 is 6.18 Å². The summed E-state index contributed by atoms with van der Waals surface area (Å²) in [5.41, 5.74) is 2.04. The number of guanidine groups is 1. The zero-order valence-corrected chi connectivity index (χ0v) is 19.1. The van der Waals surface area contributed by atoms with Gasteiger partial charge in [-0.2, -0.15) is 18.3 Å². The van der Waals surface area contributed by atoms with Crippen LogP contribution in [-0.4, -0.2) is 59.4 Å². The highest BCUT2D eigenvalue weighted by Gasteiger charge is 2.31. The van der Waals surface area contributed by atoms with E-state index in [1.807, 2.05) is 43.5 Å². The van der Waals surface area contributed by atoms with Gasteiger partial charge in [-0.1, -0.05) is 24.3 Å². The number of likely N-dealkylation sites (N-methyl/N-ethyl adjacent to an activating group) is 1. The number of halogens is 4. The van der Waals surface area contributed by atoms with E-state index in [0.717, 1.165) is 18.2 Å². The molecule has 0 aliphatic rings. The largest absolute Gasteiger partial charge is 0.406 e. The molecule has 2 aromatic rings. The summed E-state index contributed by atoms with van der Waals surface area (Å²) in [5.74, 6) is -0.317. The average molecular weight is 538 g/mol. The second-order valence-electron chi connectivity index (χ2n) is 6.39. The van der Waals surface area contributed by atoms with Crippen LogP contribution in [0.5, 0.6) is 0 Å². The number of amides is 1. The van der Waals surface area contributed by atoms with Crippen LogP contribution in [0.3, 0.4) is 0 Å². The smallest absolute Gasteiger partial charge is 0.357 e. The standard InChI is InChI=1S/C19H25F3N6O.HI/c1-3-23-18(25-12-17(29)27(2)14-19(20,21)22)24-11-15-7-4-5-8-16(15)13-28-10-6-9-26-28;/h4-10H,3,11-14H2,1-2H3,(H2,23,24,25);1H. The van der Waals surface area contributed by atoms with Crippen LogP contribution in [0.15, 0.2) is 47.7 Å². The molecule has 0 radical (unpaired) electrons. The molecule has 30 heavy (non-hydrogen) atoms. The summed E-state index contributed by atoms with van der Waals surface area (Å²) in [6.07, 6.45) is -0.850. The molecule has 0 aliphatic heterocycles. The molecular weight excluding hydrogens is 512 g/mol. The number of carbonyl (C=O) groups excluding carboxylic acids is 1. The van der Waals surface area contributed by atoms with E-state index in [2.05, 4.69) is 20.7 Å². The van der Waals surface area contributed by atoms with Crippen molar-refractivity contribution in [3.8, 4) is 0 Å². The normalized spacial score (nSPS) is 11.6. The summed E-state index contributed by atoms with van der Waals surface area (Å²) in [4.78, 5) is 17.0. The van der Waals surface area contributed by atoms with E-state index >= 15 is 0 Å². The zero-order chi connectivity index (χ0) is 21.3. The number of benzene rings is 1. The molecule has 166 valence electrons. The average Bonchev–Trinajstić information content (AvgIpc) is 3.16. The highest BCUT2D eigenvalue weighted by Crippen LogP contribution is 2.15. The fourth-order valence-electron chi connectivity index (χ4n) is 2.59. The minimum atomic E-state index is -4.43. The van der Waals surface area contributed by atoms with Crippen molar-refractivity contribution < 1.29 is 18.0 Å². The summed E-state index contributed by atoms with van der Waals surface area (Å²) < 4.78 is 39.0. The van der Waals surface area contributed by atoms with Gasteiger partial charge in [0.1, 0.15) is 6.54 Å². The zero-order valence-electron chi connectivity index (χ0n) is 16.8. The number of rotatable bonds is 8. The molecule has 0 fully saturated rings. The number of nitrogens with zero attached hydrogens (tertiary/aromatic N) is 4. The Morgan fingerprint density at radius 2 is 1.90 bits per heavy atom. The summed E-state index contributed by atoms with van der Waals surface area (Å²) in [5, 5.41) is 9.98. The van der Waals surface area contributed by atoms with Crippen molar-refractivity contribution in [3.63, 3.8) is 0 Å². The lowest BCUT2D eigenvalue weighted by Crippen LogP contribution is -2.45. The van der Waals surface area contributed by atoms with E-state index < -0.39 is 18.6 Å². The van der Waals surface area contributed by atoms with Crippen molar-refractivity contribution in [2.24, 2.45) is 4.99 Å². The van der Waals surface area contributed by atoms with E-state index in [0.29, 0.717) is 30.5 Å². The number of nitrogens with one attached hydrogen (secondary N) is 2. The first kappa shape index (κ1) is 25.7. The first-order valence-electron chi connectivity index (χ1n) is 9.15. The topological polar surface area (TPSA) is 74.5 Å². The third-order valence-electron chi connectivity index (χ3n) is 4.01. The van der Waals surface area contributed by atoms with Crippen LogP contribution in [0, 0.1) is 0 Å². The Kier molecular flexibility index (Phi) is 10.6. The van der Waals surface area contributed by atoms with Crippen LogP contribution >= 0.6 is 24.0 Å². The SMILES string of the molecule is CCNC(=NCc1ccccc1Cn1cccn1)NCC(=O)N(C)CC(F)(F)F.I. The fourth-order valence-corrected chi connectivity index (χ4v) is 2.59. The van der Waals surface area contributed by atoms with Crippen molar-refractivity contribution in [3.05, 3.63) is 53.9 Å². The number of aliphatic imine (C=N–C) groups is 1. The van der Waals surface area contributed by atoms with Gasteiger partial charge in [-0.25, -0.2) is 4.99 Å². The Morgan fingerprint density at radius 3 is 2.50 bits per heavy atom. The van der Waals surface area contributed by atoms with Gasteiger partial charge in [-0.3, -0.25) is 9.48 Å². The maximum Gasteiger partial charge on any atom is 0.406 e. The van der Waals surface area contributed by atoms with Gasteiger partial charge < -0.3 is 15.5 Å². The minimum absolute atomic E-state index is 0. The molecule has 0 saturated carbocycles. The summed E-state index contributed by atoms with van der Waals surface area (Å²) in [6.45, 7) is 1.78. The Hall–Kier alpha value is -2.31. The highest BCUT2D eigenvalue weighted by molar-refractivity contribution is 14.0. The van der Waals surface area contributed by atoms with Gasteiger partial charge in [0.05, 0.1) is 19.6 Å². The molecule has 2 rings (SSSR count). The second kappa shape index (κ2) is 12.4. The van der Waals surface area contributed by atoms with Crippen LogP contribution in [0.4, 0.5) is 13.2 Å². The van der Waals surface area contributed by atoms with Crippen molar-refractivity contribution in [2.75, 3.05) is 26.7 Å². The fraction of sp³-hybridized carbons (Fsp3) is 0.421. The number of alkyl halides is 3. The molecule has 0 bridgehead atoms. The second-order valence-corrected chi connectivity index (χ2v) is 6.39. The first-order valence-corrected chi connectivity index (χ1v) is 9.15. The third kappa shape index (κ3) is 9.01. The number of carbonyl (C=O) groups is 1. The maximum absolute atomic E-state index is 12.4. The molecule has 0 unspecified atom stereocenters. The van der Waals surface area contributed by atoms with Gasteiger partial charge in [0.15, 0.2) is 5.96 Å². The Balaban J connectivity index is 0.00000450. The predicted molar refractivity (Wildman–Crippen MR) is 120 cm³/mol. The molecule has 2 N–H and O–H groups in total. The summed E-state index contributed by atoms with van der Waals surface area (Å²) in [6, 6.07) is 9.63. The third-order valence-corrected chi connectivity index (χ3v) is 4.01. The van der Waals surface area contributed by atoms with E-state index in [9.17, 15) is 18.0 Å². The van der Waals surface area contributed by atoms with E-state index in [-0.39, 0.29) is 30.5 Å². The molecule has 0 saturated heterocycles. The molecule has 11 heteroatoms. The van der Waals surface area contributed by atoms with Gasteiger partial charge in [-0.15, -0.1) is 24.0 Å². The molecule has 1 amide bonds. The van der Waals surface area contributed by atoms with Gasteiger partial charge in [0.25, 0.3) is 0 Å². The quantitative estimate of drug-likeness (QED) is 0.308. The number of aromatic nitrogens is 2. The lowest BCUT2D eigenvalue weighted by atomic mass is 10.1. The van der Waals surface area contributed by atoms with Crippen molar-refractivity contribution in [1.29, 1.82) is 0 Å². The van der Waals surface area contributed by atoms with Crippen LogP contribution in [-0.2, 0) is 17.9 Å². The number of hydrogen-bond acceptors (Lipinski definition) is 3. The van der Waals surface area contributed by atoms with Crippen LogP contribution < -0.4 is 10.6 Å². The van der Waals surface area contributed by atoms with Crippen molar-refractivity contribution >= 4 is 35.8 Å². The summed E-state index contributed by atoms with van der Waals surface area (Å²) >= 11 is 0. The van der Waals surface area contributed by atoms with Crippen LogP contribution in [0.2, 0.25) is 0 Å². The Morgan fingerprint density at radius 1 is 1.20 bits per heavy atom. The van der Waals surface area contributed by atoms with Crippen LogP contribution in [0.1, 0.15) is 18.1 Å². The van der Waals surface area contributed by atoms with Crippen molar-refractivity contribution in [1.82, 2.24) is 25.3 Å². The van der Waals surface area contributed by atoms with Crippen molar-refractivity contribution in [2.45, 2.75) is 26.2 Å². The van der Waals surface area contributed by atoms with E-state index in [4.69, 9.17) is 0 Å². The van der Waals surface area contributed by atoms with Gasteiger partial charge in [0, 0.05) is 26.0 Å². The molecule has 0 atom stereocenters. The van der Waals surface area contributed by atoms with E-state index in [1.54, 1.807) is 10.9 Å². The Bertz CT molecular complexity index is 811. The molecule has 7 nitrogen and oxygen atoms in total. The number of hydrogen-bond donors (Lipinski definition) is 2. The predicted octanol–water partition coefficient (Wildman–Crippen LogP) is 2.63. The maximum atomic E-state index is 12.4. The molecule has 1 aromatic carbocycles. The molecule has 0 spiro atoms. The van der Waals surface area contributed by atoms with Crippen LogP contribution in [0.25, 0.3) is 0 Å². The first-order chi connectivity index (χ1) is 13.8. The minimum Gasteiger partial charge on any atom is -0.357 e. The van der Waals surface area contributed by atoms with E-state index in [1.165, 1.54) is 0 Å². The molecule has 1 aromatic heterocycles. The Labute approximate surface area is 190 Å². The molecule has 0 aliphatic carbocycles. The lowest BCUT2D eigenvalue weighted by Gasteiger charge is -2.20. The monoisotopic (exact) mass is 538 g/mol. The lowest BCUT2D eigenvalue weighted by molar-refractivity contribution is -0.157. The summed E-state index contributed by atoms with van der Waals surface area (Å²) in [7, 11) is 1.12. The molecule has 1 heterocycles. The van der Waals surface area contributed by atoms with Gasteiger partial charge in [0.2, 0.25) is 5.91 Å². The van der Waals surface area contributed by atoms with Gasteiger partial charge in [-0.05, 0) is 24.1 Å². The highest BCUT2D eigenvalue weighted by atomic mass is 127.